The van der Waals surface area contributed by atoms with Gasteiger partial charge in [-0.25, -0.2) is 9.59 Å². The van der Waals surface area contributed by atoms with Gasteiger partial charge in [0.25, 0.3) is 0 Å². The molecule has 0 fully saturated rings. The summed E-state index contributed by atoms with van der Waals surface area (Å²) in [5, 5.41) is 6.53. The van der Waals surface area contributed by atoms with E-state index in [1.54, 1.807) is 49.4 Å². The maximum atomic E-state index is 13.1. The summed E-state index contributed by atoms with van der Waals surface area (Å²) in [4.78, 5) is 25.7. The van der Waals surface area contributed by atoms with Crippen LogP contribution in [0.3, 0.4) is 0 Å². The van der Waals surface area contributed by atoms with Crippen LogP contribution in [0.4, 0.5) is 0 Å². The molecule has 184 valence electrons. The van der Waals surface area contributed by atoms with Gasteiger partial charge in [-0.05, 0) is 61.5 Å². The van der Waals surface area contributed by atoms with Crippen molar-refractivity contribution in [3.05, 3.63) is 107 Å². The Labute approximate surface area is 215 Å². The van der Waals surface area contributed by atoms with Gasteiger partial charge < -0.3 is 24.8 Å². The molecule has 0 radical (unpaired) electrons. The highest BCUT2D eigenvalue weighted by atomic mass is 32.1. The fourth-order valence-corrected chi connectivity index (χ4v) is 4.08. The maximum absolute atomic E-state index is 13.1. The number of hydrogen-bond acceptors (Lipinski definition) is 6. The molecule has 0 saturated heterocycles. The normalized spacial score (nSPS) is 14.9. The lowest BCUT2D eigenvalue weighted by Crippen LogP contribution is -2.45. The fourth-order valence-electron chi connectivity index (χ4n) is 3.81. The van der Waals surface area contributed by atoms with Crippen LogP contribution in [0.1, 0.15) is 41.4 Å². The zero-order valence-corrected chi connectivity index (χ0v) is 20.8. The van der Waals surface area contributed by atoms with E-state index in [1.165, 1.54) is 0 Å². The van der Waals surface area contributed by atoms with E-state index < -0.39 is 18.0 Å². The van der Waals surface area contributed by atoms with Crippen LogP contribution in [0.5, 0.6) is 11.5 Å². The monoisotopic (exact) mass is 502 g/mol. The summed E-state index contributed by atoms with van der Waals surface area (Å²) in [6, 6.07) is 22.7. The Morgan fingerprint density at radius 1 is 0.917 bits per heavy atom. The molecule has 0 amide bonds. The molecule has 1 heterocycles. The molecule has 1 atom stereocenters. The van der Waals surface area contributed by atoms with Crippen molar-refractivity contribution in [2.24, 2.45) is 0 Å². The SMILES string of the molecule is CCOc1cc(C2NC(=S)NC(C)=C2C(=O)OCc2ccccc2)ccc1OC(=O)c1ccccc1. The molecular weight excluding hydrogens is 476 g/mol. The fraction of sp³-hybridized carbons (Fsp3) is 0.179. The van der Waals surface area contributed by atoms with Crippen molar-refractivity contribution in [3.63, 3.8) is 0 Å². The van der Waals surface area contributed by atoms with Crippen LogP contribution in [0.25, 0.3) is 0 Å². The minimum atomic E-state index is -0.583. The third-order valence-corrected chi connectivity index (χ3v) is 5.73. The van der Waals surface area contributed by atoms with Gasteiger partial charge >= 0.3 is 11.9 Å². The average molecular weight is 503 g/mol. The first-order valence-corrected chi connectivity index (χ1v) is 11.9. The number of allylic oxidation sites excluding steroid dienone is 1. The molecule has 0 aliphatic carbocycles. The summed E-state index contributed by atoms with van der Waals surface area (Å²) >= 11 is 5.35. The van der Waals surface area contributed by atoms with E-state index in [-0.39, 0.29) is 12.4 Å². The predicted molar refractivity (Wildman–Crippen MR) is 140 cm³/mol. The van der Waals surface area contributed by atoms with Crippen molar-refractivity contribution in [3.8, 4) is 11.5 Å². The molecule has 1 unspecified atom stereocenters. The minimum absolute atomic E-state index is 0.145. The van der Waals surface area contributed by atoms with Gasteiger partial charge in [-0.15, -0.1) is 0 Å². The highest BCUT2D eigenvalue weighted by Gasteiger charge is 2.32. The lowest BCUT2D eigenvalue weighted by Gasteiger charge is -2.30. The van der Waals surface area contributed by atoms with Gasteiger partial charge in [-0.2, -0.15) is 0 Å². The van der Waals surface area contributed by atoms with Gasteiger partial charge in [-0.3, -0.25) is 0 Å². The molecule has 4 rings (SSSR count). The van der Waals surface area contributed by atoms with Crippen molar-refractivity contribution in [2.45, 2.75) is 26.5 Å². The first kappa shape index (κ1) is 24.9. The Balaban J connectivity index is 1.60. The maximum Gasteiger partial charge on any atom is 0.343 e. The first-order valence-electron chi connectivity index (χ1n) is 11.5. The summed E-state index contributed by atoms with van der Waals surface area (Å²) in [5.41, 5.74) is 3.01. The van der Waals surface area contributed by atoms with Gasteiger partial charge in [0.15, 0.2) is 16.6 Å². The number of carbonyl (C=O) groups is 2. The van der Waals surface area contributed by atoms with E-state index in [2.05, 4.69) is 10.6 Å². The van der Waals surface area contributed by atoms with Gasteiger partial charge in [0.1, 0.15) is 6.61 Å². The number of hydrogen-bond donors (Lipinski definition) is 2. The summed E-state index contributed by atoms with van der Waals surface area (Å²) in [6.45, 7) is 4.12. The quantitative estimate of drug-likeness (QED) is 0.257. The summed E-state index contributed by atoms with van der Waals surface area (Å²) in [7, 11) is 0. The molecule has 1 aliphatic heterocycles. The Bertz CT molecular complexity index is 1290. The first-order chi connectivity index (χ1) is 17.5. The van der Waals surface area contributed by atoms with E-state index in [4.69, 9.17) is 26.4 Å². The van der Waals surface area contributed by atoms with Gasteiger partial charge in [0.05, 0.1) is 23.8 Å². The van der Waals surface area contributed by atoms with Crippen LogP contribution in [-0.2, 0) is 16.1 Å². The Morgan fingerprint density at radius 3 is 2.31 bits per heavy atom. The Kier molecular flexibility index (Phi) is 7.97. The number of ether oxygens (including phenoxy) is 3. The Morgan fingerprint density at radius 2 is 1.61 bits per heavy atom. The van der Waals surface area contributed by atoms with Crippen LogP contribution in [0.15, 0.2) is 90.1 Å². The van der Waals surface area contributed by atoms with Crippen LogP contribution < -0.4 is 20.1 Å². The van der Waals surface area contributed by atoms with Crippen molar-refractivity contribution in [1.82, 2.24) is 10.6 Å². The third kappa shape index (κ3) is 5.90. The highest BCUT2D eigenvalue weighted by molar-refractivity contribution is 7.80. The molecule has 36 heavy (non-hydrogen) atoms. The number of thiocarbonyl (C=S) groups is 1. The molecule has 0 bridgehead atoms. The van der Waals surface area contributed by atoms with E-state index in [1.807, 2.05) is 43.3 Å². The highest BCUT2D eigenvalue weighted by Crippen LogP contribution is 2.35. The van der Waals surface area contributed by atoms with E-state index in [0.717, 1.165) is 5.56 Å². The van der Waals surface area contributed by atoms with Crippen molar-refractivity contribution in [1.29, 1.82) is 0 Å². The van der Waals surface area contributed by atoms with Crippen molar-refractivity contribution >= 4 is 29.3 Å². The van der Waals surface area contributed by atoms with Crippen LogP contribution in [0.2, 0.25) is 0 Å². The van der Waals surface area contributed by atoms with Gasteiger partial charge in [0.2, 0.25) is 0 Å². The summed E-state index contributed by atoms with van der Waals surface area (Å²) < 4.78 is 17.0. The number of esters is 2. The Hall–Kier alpha value is -4.17. The number of rotatable bonds is 8. The smallest absolute Gasteiger partial charge is 0.343 e. The zero-order valence-electron chi connectivity index (χ0n) is 19.9. The standard InChI is InChI=1S/C28H26N2O5S/c1-3-33-23-16-21(14-15-22(23)35-26(31)20-12-8-5-9-13-20)25-24(18(2)29-28(36)30-25)27(32)34-17-19-10-6-4-7-11-19/h4-16,25H,3,17H2,1-2H3,(H2,29,30,36). The second kappa shape index (κ2) is 11.5. The molecule has 3 aromatic rings. The van der Waals surface area contributed by atoms with Gasteiger partial charge in [-0.1, -0.05) is 54.6 Å². The number of nitrogens with one attached hydrogen (secondary N) is 2. The molecule has 2 N–H and O–H groups in total. The number of benzene rings is 3. The second-order valence-electron chi connectivity index (χ2n) is 8.03. The van der Waals surface area contributed by atoms with Crippen LogP contribution in [-0.4, -0.2) is 23.7 Å². The molecule has 3 aromatic carbocycles. The lowest BCUT2D eigenvalue weighted by molar-refractivity contribution is -0.140. The largest absolute Gasteiger partial charge is 0.490 e. The second-order valence-corrected chi connectivity index (χ2v) is 8.43. The van der Waals surface area contributed by atoms with Crippen LogP contribution in [0, 0.1) is 0 Å². The molecule has 0 saturated carbocycles. The molecule has 8 heteroatoms. The molecule has 7 nitrogen and oxygen atoms in total. The average Bonchev–Trinajstić information content (AvgIpc) is 2.89. The predicted octanol–water partition coefficient (Wildman–Crippen LogP) is 4.84. The van der Waals surface area contributed by atoms with Crippen LogP contribution >= 0.6 is 12.2 Å². The van der Waals surface area contributed by atoms with Crippen molar-refractivity contribution in [2.75, 3.05) is 6.61 Å². The van der Waals surface area contributed by atoms with E-state index in [0.29, 0.717) is 39.9 Å². The topological polar surface area (TPSA) is 85.9 Å². The van der Waals surface area contributed by atoms with E-state index in [9.17, 15) is 9.59 Å². The van der Waals surface area contributed by atoms with Crippen molar-refractivity contribution < 1.29 is 23.8 Å². The summed E-state index contributed by atoms with van der Waals surface area (Å²) in [6.07, 6.45) is 0. The molecular formula is C28H26N2O5S. The molecule has 1 aliphatic rings. The zero-order chi connectivity index (χ0) is 25.5. The minimum Gasteiger partial charge on any atom is -0.490 e. The summed E-state index contributed by atoms with van der Waals surface area (Å²) in [5.74, 6) is -0.312. The number of carbonyl (C=O) groups excluding carboxylic acids is 2. The molecule has 0 spiro atoms. The molecule has 0 aromatic heterocycles. The third-order valence-electron chi connectivity index (χ3n) is 5.51. The van der Waals surface area contributed by atoms with Gasteiger partial charge in [0, 0.05) is 5.70 Å². The van der Waals surface area contributed by atoms with E-state index >= 15 is 0 Å². The lowest BCUT2D eigenvalue weighted by atomic mass is 9.95.